The van der Waals surface area contributed by atoms with Crippen LogP contribution >= 0.6 is 0 Å². The van der Waals surface area contributed by atoms with Gasteiger partial charge in [0.1, 0.15) is 5.84 Å². The third-order valence-corrected chi connectivity index (χ3v) is 3.72. The highest BCUT2D eigenvalue weighted by Crippen LogP contribution is 2.21. The molecule has 4 heteroatoms. The Morgan fingerprint density at radius 3 is 2.80 bits per heavy atom. The average molecular weight is 273 g/mol. The lowest BCUT2D eigenvalue weighted by molar-refractivity contribution is 0.315. The molecule has 0 spiro atoms. The number of allylic oxidation sites excluding steroid dienone is 1. The van der Waals surface area contributed by atoms with E-state index in [2.05, 4.69) is 28.7 Å². The SMILES string of the molecule is N/C(CC(NCCC1=CCCC1)c1ccccc1)=N/O. The van der Waals surface area contributed by atoms with Gasteiger partial charge in [0.15, 0.2) is 0 Å². The molecule has 1 aromatic carbocycles. The van der Waals surface area contributed by atoms with Crippen LogP contribution in [0.3, 0.4) is 0 Å². The monoisotopic (exact) mass is 273 g/mol. The summed E-state index contributed by atoms with van der Waals surface area (Å²) in [6.45, 7) is 0.921. The van der Waals surface area contributed by atoms with Crippen LogP contribution in [0.5, 0.6) is 0 Å². The Hall–Kier alpha value is -1.81. The molecule has 0 radical (unpaired) electrons. The molecule has 4 N–H and O–H groups in total. The summed E-state index contributed by atoms with van der Waals surface area (Å²) in [6.07, 6.45) is 7.70. The van der Waals surface area contributed by atoms with Gasteiger partial charge in [-0.3, -0.25) is 0 Å². The van der Waals surface area contributed by atoms with Crippen LogP contribution in [0.25, 0.3) is 0 Å². The van der Waals surface area contributed by atoms with Gasteiger partial charge in [-0.2, -0.15) is 0 Å². The van der Waals surface area contributed by atoms with Crippen molar-refractivity contribution in [2.75, 3.05) is 6.54 Å². The summed E-state index contributed by atoms with van der Waals surface area (Å²) in [5, 5.41) is 15.4. The molecule has 4 nitrogen and oxygen atoms in total. The Balaban J connectivity index is 1.92. The number of hydrogen-bond acceptors (Lipinski definition) is 3. The first-order chi connectivity index (χ1) is 9.79. The van der Waals surface area contributed by atoms with Crippen LogP contribution in [-0.2, 0) is 0 Å². The second kappa shape index (κ2) is 7.70. The van der Waals surface area contributed by atoms with E-state index in [4.69, 9.17) is 10.9 Å². The van der Waals surface area contributed by atoms with Gasteiger partial charge < -0.3 is 16.3 Å². The molecular formula is C16H23N3O. The molecule has 0 fully saturated rings. The van der Waals surface area contributed by atoms with Gasteiger partial charge in [0.2, 0.25) is 0 Å². The van der Waals surface area contributed by atoms with Gasteiger partial charge in [-0.05, 0) is 37.8 Å². The van der Waals surface area contributed by atoms with E-state index >= 15 is 0 Å². The fourth-order valence-corrected chi connectivity index (χ4v) is 2.61. The van der Waals surface area contributed by atoms with Gasteiger partial charge in [-0.15, -0.1) is 0 Å². The molecule has 108 valence electrons. The maximum absolute atomic E-state index is 8.75. The Bertz CT molecular complexity index is 468. The molecule has 0 saturated carbocycles. The predicted molar refractivity (Wildman–Crippen MR) is 81.8 cm³/mol. The summed E-state index contributed by atoms with van der Waals surface area (Å²) in [7, 11) is 0. The third-order valence-electron chi connectivity index (χ3n) is 3.72. The van der Waals surface area contributed by atoms with Crippen molar-refractivity contribution in [1.29, 1.82) is 0 Å². The zero-order chi connectivity index (χ0) is 14.2. The maximum atomic E-state index is 8.75. The molecular weight excluding hydrogens is 250 g/mol. The largest absolute Gasteiger partial charge is 0.409 e. The first-order valence-corrected chi connectivity index (χ1v) is 7.22. The lowest BCUT2D eigenvalue weighted by Gasteiger charge is -2.19. The fraction of sp³-hybridized carbons (Fsp3) is 0.438. The molecule has 0 aromatic heterocycles. The Morgan fingerprint density at radius 1 is 1.35 bits per heavy atom. The molecule has 0 bridgehead atoms. The maximum Gasteiger partial charge on any atom is 0.141 e. The lowest BCUT2D eigenvalue weighted by atomic mass is 10.0. The zero-order valence-corrected chi connectivity index (χ0v) is 11.8. The Labute approximate surface area is 120 Å². The number of amidine groups is 1. The van der Waals surface area contributed by atoms with Crippen LogP contribution in [0.4, 0.5) is 0 Å². The van der Waals surface area contributed by atoms with Crippen LogP contribution in [0, 0.1) is 0 Å². The molecule has 0 aliphatic heterocycles. The molecule has 1 unspecified atom stereocenters. The van der Waals surface area contributed by atoms with Crippen molar-refractivity contribution in [2.24, 2.45) is 10.9 Å². The topological polar surface area (TPSA) is 70.6 Å². The first-order valence-electron chi connectivity index (χ1n) is 7.22. The van der Waals surface area contributed by atoms with Crippen LogP contribution < -0.4 is 11.1 Å². The van der Waals surface area contributed by atoms with E-state index in [1.54, 1.807) is 5.57 Å². The Morgan fingerprint density at radius 2 is 2.15 bits per heavy atom. The smallest absolute Gasteiger partial charge is 0.141 e. The van der Waals surface area contributed by atoms with Crippen molar-refractivity contribution < 1.29 is 5.21 Å². The van der Waals surface area contributed by atoms with Gasteiger partial charge in [-0.1, -0.05) is 47.1 Å². The molecule has 1 aromatic rings. The van der Waals surface area contributed by atoms with E-state index < -0.39 is 0 Å². The average Bonchev–Trinajstić information content (AvgIpc) is 3.00. The Kier molecular flexibility index (Phi) is 5.62. The minimum atomic E-state index is 0.0918. The van der Waals surface area contributed by atoms with Crippen LogP contribution in [0.2, 0.25) is 0 Å². The highest BCUT2D eigenvalue weighted by atomic mass is 16.4. The fourth-order valence-electron chi connectivity index (χ4n) is 2.61. The standard InChI is InChI=1S/C16H23N3O/c17-16(19-20)12-15(14-8-2-1-3-9-14)18-11-10-13-6-4-5-7-13/h1-3,6,8-9,15,18,20H,4-5,7,10-12H2,(H2,17,19). The van der Waals surface area contributed by atoms with E-state index in [0.29, 0.717) is 6.42 Å². The number of hydrogen-bond donors (Lipinski definition) is 3. The number of rotatable bonds is 7. The normalized spacial score (nSPS) is 17.0. The number of nitrogens with two attached hydrogens (primary N) is 1. The molecule has 1 atom stereocenters. The summed E-state index contributed by atoms with van der Waals surface area (Å²) in [4.78, 5) is 0. The second-order valence-corrected chi connectivity index (χ2v) is 5.22. The van der Waals surface area contributed by atoms with Crippen molar-refractivity contribution in [3.63, 3.8) is 0 Å². The summed E-state index contributed by atoms with van der Waals surface area (Å²) in [5.41, 5.74) is 8.37. The highest BCUT2D eigenvalue weighted by molar-refractivity contribution is 5.80. The molecule has 1 aliphatic rings. The van der Waals surface area contributed by atoms with Gasteiger partial charge in [0.25, 0.3) is 0 Å². The predicted octanol–water partition coefficient (Wildman–Crippen LogP) is 2.95. The van der Waals surface area contributed by atoms with E-state index in [9.17, 15) is 0 Å². The van der Waals surface area contributed by atoms with Crippen molar-refractivity contribution in [1.82, 2.24) is 5.32 Å². The van der Waals surface area contributed by atoms with Crippen LogP contribution in [-0.4, -0.2) is 17.6 Å². The van der Waals surface area contributed by atoms with Gasteiger partial charge in [-0.25, -0.2) is 0 Å². The number of benzene rings is 1. The minimum absolute atomic E-state index is 0.0918. The van der Waals surface area contributed by atoms with Gasteiger partial charge in [0.05, 0.1) is 0 Å². The van der Waals surface area contributed by atoms with Crippen molar-refractivity contribution >= 4 is 5.84 Å². The summed E-state index contributed by atoms with van der Waals surface area (Å²) >= 11 is 0. The van der Waals surface area contributed by atoms with E-state index in [0.717, 1.165) is 13.0 Å². The second-order valence-electron chi connectivity index (χ2n) is 5.22. The number of nitrogens with zero attached hydrogens (tertiary/aromatic N) is 1. The van der Waals surface area contributed by atoms with E-state index in [1.807, 2.05) is 18.2 Å². The first kappa shape index (κ1) is 14.6. The van der Waals surface area contributed by atoms with Gasteiger partial charge in [0, 0.05) is 12.5 Å². The van der Waals surface area contributed by atoms with E-state index in [-0.39, 0.29) is 11.9 Å². The minimum Gasteiger partial charge on any atom is -0.409 e. The number of oxime groups is 1. The van der Waals surface area contributed by atoms with Crippen molar-refractivity contribution in [3.8, 4) is 0 Å². The molecule has 0 saturated heterocycles. The van der Waals surface area contributed by atoms with E-state index in [1.165, 1.54) is 24.8 Å². The van der Waals surface area contributed by atoms with Crippen LogP contribution in [0.15, 0.2) is 47.1 Å². The molecule has 0 amide bonds. The molecule has 1 aliphatic carbocycles. The lowest BCUT2D eigenvalue weighted by Crippen LogP contribution is -2.27. The molecule has 2 rings (SSSR count). The number of nitrogens with one attached hydrogen (secondary N) is 1. The summed E-state index contributed by atoms with van der Waals surface area (Å²) < 4.78 is 0. The highest BCUT2D eigenvalue weighted by Gasteiger charge is 2.13. The van der Waals surface area contributed by atoms with Crippen molar-refractivity contribution in [3.05, 3.63) is 47.5 Å². The van der Waals surface area contributed by atoms with Gasteiger partial charge >= 0.3 is 0 Å². The zero-order valence-electron chi connectivity index (χ0n) is 11.8. The quantitative estimate of drug-likeness (QED) is 0.235. The summed E-state index contributed by atoms with van der Waals surface area (Å²) in [6, 6.07) is 10.2. The molecule has 20 heavy (non-hydrogen) atoms. The molecule has 0 heterocycles. The third kappa shape index (κ3) is 4.38. The van der Waals surface area contributed by atoms with Crippen LogP contribution in [0.1, 0.15) is 43.7 Å². The summed E-state index contributed by atoms with van der Waals surface area (Å²) in [5.74, 6) is 0.256. The van der Waals surface area contributed by atoms with Crippen molar-refractivity contribution in [2.45, 2.75) is 38.1 Å².